The predicted octanol–water partition coefficient (Wildman–Crippen LogP) is 4.70. The SMILES string of the molecule is N#Cc1cscc1C#Cc1cccc(CC(O)CCN2CCSC(=O)N2CCc2ccc(C(=O)O)s2)c1. The second-order valence-corrected chi connectivity index (χ2v) is 11.4. The molecule has 3 aromatic rings. The third kappa shape index (κ3) is 7.45. The summed E-state index contributed by atoms with van der Waals surface area (Å²) in [6.07, 6.45) is 0.985. The third-order valence-electron chi connectivity index (χ3n) is 5.81. The number of thiophene rings is 2. The van der Waals surface area contributed by atoms with E-state index in [9.17, 15) is 14.7 Å². The number of carboxylic acid groups (broad SMARTS) is 1. The number of carbonyl (C=O) groups excluding carboxylic acids is 1. The van der Waals surface area contributed by atoms with Crippen molar-refractivity contribution in [1.29, 1.82) is 5.26 Å². The second-order valence-electron chi connectivity index (χ2n) is 8.42. The highest BCUT2D eigenvalue weighted by atomic mass is 32.2. The summed E-state index contributed by atoms with van der Waals surface area (Å²) < 4.78 is 0. The van der Waals surface area contributed by atoms with Gasteiger partial charge in [0.05, 0.1) is 17.2 Å². The van der Waals surface area contributed by atoms with Crippen LogP contribution in [0.2, 0.25) is 0 Å². The molecule has 10 heteroatoms. The number of aliphatic hydroxyl groups is 1. The standard InChI is InChI=1S/C27H25N3O4S3/c28-16-22-18-35-17-21(22)5-4-19-2-1-3-20(14-19)15-23(31)8-10-29-12-13-36-27(34)30(29)11-9-24-6-7-25(37-24)26(32)33/h1-3,6-7,14,17-18,23,31H,8-13,15H2,(H,32,33). The van der Waals surface area contributed by atoms with Crippen LogP contribution in [0.25, 0.3) is 0 Å². The lowest BCUT2D eigenvalue weighted by Gasteiger charge is -2.38. The average Bonchev–Trinajstić information content (AvgIpc) is 3.55. The normalized spacial score (nSPS) is 14.6. The van der Waals surface area contributed by atoms with Crippen LogP contribution in [0.15, 0.2) is 47.2 Å². The highest BCUT2D eigenvalue weighted by Gasteiger charge is 2.27. The molecule has 0 bridgehead atoms. The average molecular weight is 552 g/mol. The van der Waals surface area contributed by atoms with E-state index in [0.717, 1.165) is 21.6 Å². The first-order valence-corrected chi connectivity index (χ1v) is 14.4. The number of hydrogen-bond acceptors (Lipinski definition) is 8. The fourth-order valence-electron chi connectivity index (χ4n) is 3.93. The molecule has 3 heterocycles. The number of amides is 1. The molecule has 2 N–H and O–H groups in total. The molecule has 1 unspecified atom stereocenters. The summed E-state index contributed by atoms with van der Waals surface area (Å²) in [5.74, 6) is 5.91. The summed E-state index contributed by atoms with van der Waals surface area (Å²) in [6.45, 7) is 1.74. The number of nitriles is 1. The first kappa shape index (κ1) is 26.9. The zero-order chi connectivity index (χ0) is 26.2. The van der Waals surface area contributed by atoms with Crippen molar-refractivity contribution in [3.05, 3.63) is 79.2 Å². The second kappa shape index (κ2) is 12.9. The Morgan fingerprint density at radius 3 is 2.76 bits per heavy atom. The summed E-state index contributed by atoms with van der Waals surface area (Å²) in [5, 5.41) is 36.3. The van der Waals surface area contributed by atoms with E-state index in [0.29, 0.717) is 55.1 Å². The molecule has 1 aliphatic heterocycles. The Kier molecular flexibility index (Phi) is 9.40. The number of aromatic carboxylic acids is 1. The molecule has 190 valence electrons. The lowest BCUT2D eigenvalue weighted by Crippen LogP contribution is -2.51. The summed E-state index contributed by atoms with van der Waals surface area (Å²) in [4.78, 5) is 24.9. The molecule has 1 fully saturated rings. The maximum atomic E-state index is 12.6. The van der Waals surface area contributed by atoms with Crippen molar-refractivity contribution in [2.24, 2.45) is 0 Å². The predicted molar refractivity (Wildman–Crippen MR) is 147 cm³/mol. The number of thioether (sulfide) groups is 1. The molecule has 4 rings (SSSR count). The van der Waals surface area contributed by atoms with E-state index in [1.807, 2.05) is 34.7 Å². The Hall–Kier alpha value is -3.12. The van der Waals surface area contributed by atoms with Crippen molar-refractivity contribution < 1.29 is 19.8 Å². The summed E-state index contributed by atoms with van der Waals surface area (Å²) in [5.41, 5.74) is 3.09. The van der Waals surface area contributed by atoms with Crippen LogP contribution in [0.4, 0.5) is 4.79 Å². The zero-order valence-corrected chi connectivity index (χ0v) is 22.4. The summed E-state index contributed by atoms with van der Waals surface area (Å²) >= 11 is 3.96. The minimum Gasteiger partial charge on any atom is -0.477 e. The maximum absolute atomic E-state index is 12.6. The van der Waals surface area contributed by atoms with Gasteiger partial charge in [0.15, 0.2) is 0 Å². The molecule has 37 heavy (non-hydrogen) atoms. The molecule has 0 saturated carbocycles. The van der Waals surface area contributed by atoms with Crippen molar-refractivity contribution in [2.75, 3.05) is 25.4 Å². The molecule has 0 radical (unpaired) electrons. The molecule has 0 spiro atoms. The van der Waals surface area contributed by atoms with Crippen molar-refractivity contribution in [1.82, 2.24) is 10.0 Å². The first-order valence-electron chi connectivity index (χ1n) is 11.7. The lowest BCUT2D eigenvalue weighted by atomic mass is 10.0. The van der Waals surface area contributed by atoms with E-state index in [-0.39, 0.29) is 5.24 Å². The number of rotatable bonds is 9. The van der Waals surface area contributed by atoms with Crippen LogP contribution in [0, 0.1) is 23.2 Å². The zero-order valence-electron chi connectivity index (χ0n) is 19.9. The maximum Gasteiger partial charge on any atom is 0.345 e. The Morgan fingerprint density at radius 2 is 1.97 bits per heavy atom. The van der Waals surface area contributed by atoms with E-state index < -0.39 is 12.1 Å². The van der Waals surface area contributed by atoms with Crippen LogP contribution in [0.1, 0.15) is 43.2 Å². The molecular weight excluding hydrogens is 527 g/mol. The number of carbonyl (C=O) groups is 2. The highest BCUT2D eigenvalue weighted by Crippen LogP contribution is 2.22. The van der Waals surface area contributed by atoms with E-state index in [1.165, 1.54) is 34.4 Å². The Balaban J connectivity index is 1.31. The highest BCUT2D eigenvalue weighted by molar-refractivity contribution is 8.13. The minimum absolute atomic E-state index is 0.0211. The van der Waals surface area contributed by atoms with Crippen LogP contribution in [0.3, 0.4) is 0 Å². The molecule has 1 atom stereocenters. The van der Waals surface area contributed by atoms with Gasteiger partial charge in [0.2, 0.25) is 0 Å². The van der Waals surface area contributed by atoms with Crippen LogP contribution in [0.5, 0.6) is 0 Å². The van der Waals surface area contributed by atoms with Gasteiger partial charge in [0.25, 0.3) is 5.24 Å². The van der Waals surface area contributed by atoms with Crippen molar-refractivity contribution in [2.45, 2.75) is 25.4 Å². The van der Waals surface area contributed by atoms with Gasteiger partial charge in [0, 0.05) is 53.0 Å². The minimum atomic E-state index is -0.940. The van der Waals surface area contributed by atoms with Crippen molar-refractivity contribution in [3.63, 3.8) is 0 Å². The van der Waals surface area contributed by atoms with Gasteiger partial charge in [-0.05, 0) is 42.7 Å². The van der Waals surface area contributed by atoms with Gasteiger partial charge in [-0.2, -0.15) is 5.26 Å². The van der Waals surface area contributed by atoms with E-state index in [4.69, 9.17) is 10.4 Å². The number of hydrazine groups is 1. The van der Waals surface area contributed by atoms with Gasteiger partial charge < -0.3 is 10.2 Å². The van der Waals surface area contributed by atoms with Crippen LogP contribution in [-0.2, 0) is 12.8 Å². The molecule has 1 amide bonds. The van der Waals surface area contributed by atoms with E-state index >= 15 is 0 Å². The topological polar surface area (TPSA) is 105 Å². The number of carboxylic acids is 1. The molecule has 7 nitrogen and oxygen atoms in total. The van der Waals surface area contributed by atoms with Gasteiger partial charge in [-0.25, -0.2) is 9.80 Å². The van der Waals surface area contributed by atoms with Crippen molar-refractivity contribution >= 4 is 45.6 Å². The molecule has 0 aliphatic carbocycles. The smallest absolute Gasteiger partial charge is 0.345 e. The van der Waals surface area contributed by atoms with Gasteiger partial charge in [-0.15, -0.1) is 22.7 Å². The molecule has 1 saturated heterocycles. The van der Waals surface area contributed by atoms with Gasteiger partial charge in [0.1, 0.15) is 10.9 Å². The monoisotopic (exact) mass is 551 g/mol. The number of nitrogens with zero attached hydrogens (tertiary/aromatic N) is 3. The summed E-state index contributed by atoms with van der Waals surface area (Å²) in [6, 6.07) is 13.3. The number of aliphatic hydroxyl groups excluding tert-OH is 1. The quantitative estimate of drug-likeness (QED) is 0.372. The van der Waals surface area contributed by atoms with E-state index in [2.05, 4.69) is 17.9 Å². The summed E-state index contributed by atoms with van der Waals surface area (Å²) in [7, 11) is 0. The lowest BCUT2D eigenvalue weighted by molar-refractivity contribution is 0.0148. The number of hydrogen-bond donors (Lipinski definition) is 2. The Bertz CT molecular complexity index is 1360. The Morgan fingerprint density at radius 1 is 1.14 bits per heavy atom. The van der Waals surface area contributed by atoms with Crippen LogP contribution in [-0.4, -0.2) is 62.9 Å². The molecule has 1 aromatic carbocycles. The molecule has 2 aromatic heterocycles. The van der Waals surface area contributed by atoms with Crippen LogP contribution < -0.4 is 0 Å². The fourth-order valence-corrected chi connectivity index (χ4v) is 6.30. The van der Waals surface area contributed by atoms with Gasteiger partial charge >= 0.3 is 5.97 Å². The van der Waals surface area contributed by atoms with E-state index in [1.54, 1.807) is 22.5 Å². The van der Waals surface area contributed by atoms with Gasteiger partial charge in [-0.3, -0.25) is 9.80 Å². The largest absolute Gasteiger partial charge is 0.477 e. The molecular formula is C27H25N3O4S3. The van der Waals surface area contributed by atoms with Gasteiger partial charge in [-0.1, -0.05) is 35.7 Å². The molecule has 1 aliphatic rings. The number of benzene rings is 1. The Labute approximate surface area is 227 Å². The van der Waals surface area contributed by atoms with Crippen molar-refractivity contribution in [3.8, 4) is 17.9 Å². The first-order chi connectivity index (χ1) is 17.9. The third-order valence-corrected chi connectivity index (χ3v) is 8.53. The fraction of sp³-hybridized carbons (Fsp3) is 0.296. The van der Waals surface area contributed by atoms with Crippen LogP contribution >= 0.6 is 34.4 Å².